The molecule has 0 saturated carbocycles. The first kappa shape index (κ1) is 20.7. The molecule has 5 rings (SSSR count). The van der Waals surface area contributed by atoms with Gasteiger partial charge in [0.05, 0.1) is 16.9 Å². The van der Waals surface area contributed by atoms with Gasteiger partial charge in [0, 0.05) is 5.02 Å². The molecule has 6 nitrogen and oxygen atoms in total. The third-order valence-corrected chi connectivity index (χ3v) is 5.72. The number of fused-ring (bicyclic) bond motifs is 2. The zero-order valence-electron chi connectivity index (χ0n) is 17.2. The van der Waals surface area contributed by atoms with Gasteiger partial charge in [0.25, 0.3) is 5.95 Å². The topological polar surface area (TPSA) is 98.5 Å². The van der Waals surface area contributed by atoms with Crippen molar-refractivity contribution in [1.29, 1.82) is 5.26 Å². The average molecular weight is 457 g/mol. The maximum absolute atomic E-state index is 13.4. The van der Waals surface area contributed by atoms with E-state index in [1.807, 2.05) is 24.3 Å². The third-order valence-electron chi connectivity index (χ3n) is 5.47. The van der Waals surface area contributed by atoms with Crippen LogP contribution < -0.4 is 20.6 Å². The van der Waals surface area contributed by atoms with Crippen molar-refractivity contribution in [1.82, 2.24) is 0 Å². The van der Waals surface area contributed by atoms with Crippen LogP contribution in [0.5, 0.6) is 11.7 Å². The van der Waals surface area contributed by atoms with E-state index < -0.39 is 5.92 Å². The molecule has 162 valence electrons. The van der Waals surface area contributed by atoms with Crippen molar-refractivity contribution in [2.24, 2.45) is 5.73 Å². The van der Waals surface area contributed by atoms with Gasteiger partial charge >= 0.3 is 0 Å². The molecule has 0 amide bonds. The summed E-state index contributed by atoms with van der Waals surface area (Å²) in [5.74, 6) is -0.135. The lowest BCUT2D eigenvalue weighted by molar-refractivity contribution is 0.295. The predicted octanol–water partition coefficient (Wildman–Crippen LogP) is 5.24. The van der Waals surface area contributed by atoms with Gasteiger partial charge in [0.2, 0.25) is 11.3 Å². The Morgan fingerprint density at radius 2 is 1.85 bits per heavy atom. The maximum atomic E-state index is 13.4. The van der Waals surface area contributed by atoms with Gasteiger partial charge in [-0.2, -0.15) is 5.26 Å². The van der Waals surface area contributed by atoms with E-state index in [2.05, 4.69) is 6.07 Å². The summed E-state index contributed by atoms with van der Waals surface area (Å²) in [6, 6.07) is 23.5. The van der Waals surface area contributed by atoms with Gasteiger partial charge in [0.1, 0.15) is 29.6 Å². The number of hydrogen-bond donors (Lipinski definition) is 1. The highest BCUT2D eigenvalue weighted by molar-refractivity contribution is 6.30. The Kier molecular flexibility index (Phi) is 5.25. The number of allylic oxidation sites excluding steroid dienone is 1. The Morgan fingerprint density at radius 1 is 1.06 bits per heavy atom. The molecule has 33 heavy (non-hydrogen) atoms. The number of nitriles is 1. The summed E-state index contributed by atoms with van der Waals surface area (Å²) in [6.07, 6.45) is 0. The molecule has 1 aromatic heterocycles. The van der Waals surface area contributed by atoms with Crippen LogP contribution in [0.1, 0.15) is 22.6 Å². The number of halogens is 1. The minimum atomic E-state index is -0.727. The third kappa shape index (κ3) is 3.79. The van der Waals surface area contributed by atoms with E-state index in [9.17, 15) is 10.1 Å². The fourth-order valence-corrected chi connectivity index (χ4v) is 4.04. The number of ether oxygens (including phenoxy) is 2. The number of rotatable bonds is 4. The molecule has 0 saturated heterocycles. The maximum Gasteiger partial charge on any atom is 0.300 e. The van der Waals surface area contributed by atoms with Crippen molar-refractivity contribution in [3.8, 4) is 17.8 Å². The normalized spacial score (nSPS) is 15.0. The van der Waals surface area contributed by atoms with E-state index in [1.54, 1.807) is 48.5 Å². The molecule has 7 heteroatoms. The summed E-state index contributed by atoms with van der Waals surface area (Å²) in [5, 5.41) is 10.9. The second-order valence-corrected chi connectivity index (χ2v) is 7.98. The van der Waals surface area contributed by atoms with Gasteiger partial charge in [-0.05, 0) is 47.5 Å². The summed E-state index contributed by atoms with van der Waals surface area (Å²) >= 11 is 5.93. The van der Waals surface area contributed by atoms with Crippen LogP contribution in [0.3, 0.4) is 0 Å². The molecule has 1 atom stereocenters. The molecule has 0 bridgehead atoms. The number of nitrogens with zero attached hydrogens (tertiary/aromatic N) is 1. The summed E-state index contributed by atoms with van der Waals surface area (Å²) in [4.78, 5) is 13.4. The second-order valence-electron chi connectivity index (χ2n) is 7.54. The van der Waals surface area contributed by atoms with Gasteiger partial charge in [-0.3, -0.25) is 4.79 Å². The largest absolute Gasteiger partial charge is 0.489 e. The second kappa shape index (κ2) is 8.38. The molecule has 1 aliphatic heterocycles. The van der Waals surface area contributed by atoms with Gasteiger partial charge in [0.15, 0.2) is 0 Å². The Balaban J connectivity index is 1.58. The van der Waals surface area contributed by atoms with E-state index in [0.717, 1.165) is 5.56 Å². The minimum absolute atomic E-state index is 0.00279. The summed E-state index contributed by atoms with van der Waals surface area (Å²) in [7, 11) is 0. The first-order valence-electron chi connectivity index (χ1n) is 10.2. The molecular weight excluding hydrogens is 440 g/mol. The molecule has 1 unspecified atom stereocenters. The molecule has 4 aromatic rings. The number of benzene rings is 3. The summed E-state index contributed by atoms with van der Waals surface area (Å²) in [5.41, 5.74) is 8.14. The lowest BCUT2D eigenvalue weighted by Gasteiger charge is -2.25. The lowest BCUT2D eigenvalue weighted by Crippen LogP contribution is -2.26. The van der Waals surface area contributed by atoms with E-state index in [1.165, 1.54) is 0 Å². The van der Waals surface area contributed by atoms with Crippen LogP contribution in [0, 0.1) is 11.3 Å². The number of para-hydroxylation sites is 1. The van der Waals surface area contributed by atoms with Gasteiger partial charge in [-0.1, -0.05) is 48.0 Å². The van der Waals surface area contributed by atoms with Crippen LogP contribution in [0.4, 0.5) is 0 Å². The van der Waals surface area contributed by atoms with Gasteiger partial charge in [-0.25, -0.2) is 0 Å². The standard InChI is InChI=1S/C26H17ClN2O4/c27-17-8-10-18(11-9-17)31-14-15-4-3-5-16(12-15)22-20(13-28)25(29)33-26-23(22)24(30)19-6-1-2-7-21(19)32-26/h1-12,22H,14,29H2. The Bertz CT molecular complexity index is 1500. The fourth-order valence-electron chi connectivity index (χ4n) is 3.91. The van der Waals surface area contributed by atoms with E-state index in [4.69, 9.17) is 31.2 Å². The highest BCUT2D eigenvalue weighted by Gasteiger charge is 2.35. The molecular formula is C26H17ClN2O4. The highest BCUT2D eigenvalue weighted by atomic mass is 35.5. The van der Waals surface area contributed by atoms with Crippen molar-refractivity contribution in [3.63, 3.8) is 0 Å². The lowest BCUT2D eigenvalue weighted by atomic mass is 9.83. The zero-order valence-corrected chi connectivity index (χ0v) is 18.0. The zero-order chi connectivity index (χ0) is 22.9. The minimum Gasteiger partial charge on any atom is -0.489 e. The predicted molar refractivity (Wildman–Crippen MR) is 124 cm³/mol. The summed E-state index contributed by atoms with van der Waals surface area (Å²) < 4.78 is 17.2. The SMILES string of the molecule is N#CC1=C(N)Oc2oc3ccccc3c(=O)c2C1c1cccc(COc2ccc(Cl)cc2)c1. The molecule has 0 aliphatic carbocycles. The number of nitrogens with two attached hydrogens (primary N) is 1. The molecule has 0 spiro atoms. The van der Waals surface area contributed by atoms with Crippen LogP contribution >= 0.6 is 11.6 Å². The van der Waals surface area contributed by atoms with Gasteiger partial charge in [-0.15, -0.1) is 0 Å². The molecule has 0 fully saturated rings. The molecule has 3 aromatic carbocycles. The fraction of sp³-hybridized carbons (Fsp3) is 0.0769. The van der Waals surface area contributed by atoms with Crippen molar-refractivity contribution < 1.29 is 13.9 Å². The van der Waals surface area contributed by atoms with Crippen molar-refractivity contribution in [2.45, 2.75) is 12.5 Å². The quantitative estimate of drug-likeness (QED) is 0.450. The molecule has 1 aliphatic rings. The Labute approximate surface area is 194 Å². The highest BCUT2D eigenvalue weighted by Crippen LogP contribution is 2.41. The van der Waals surface area contributed by atoms with Crippen molar-refractivity contribution >= 4 is 22.6 Å². The Hall–Kier alpha value is -4.21. The molecule has 0 radical (unpaired) electrons. The van der Waals surface area contributed by atoms with E-state index in [0.29, 0.717) is 33.9 Å². The van der Waals surface area contributed by atoms with Crippen LogP contribution in [-0.2, 0) is 6.61 Å². The van der Waals surface area contributed by atoms with Crippen LogP contribution in [0.25, 0.3) is 11.0 Å². The number of hydrogen-bond acceptors (Lipinski definition) is 6. The van der Waals surface area contributed by atoms with Crippen molar-refractivity contribution in [3.05, 3.63) is 116 Å². The smallest absolute Gasteiger partial charge is 0.300 e. The van der Waals surface area contributed by atoms with Crippen LogP contribution in [0.2, 0.25) is 5.02 Å². The van der Waals surface area contributed by atoms with Crippen LogP contribution in [-0.4, -0.2) is 0 Å². The first-order chi connectivity index (χ1) is 16.0. The molecule has 2 N–H and O–H groups in total. The molecule has 2 heterocycles. The Morgan fingerprint density at radius 3 is 2.64 bits per heavy atom. The van der Waals surface area contributed by atoms with E-state index >= 15 is 0 Å². The monoisotopic (exact) mass is 456 g/mol. The van der Waals surface area contributed by atoms with Gasteiger partial charge < -0.3 is 19.6 Å². The van der Waals surface area contributed by atoms with Crippen LogP contribution in [0.15, 0.2) is 93.5 Å². The van der Waals surface area contributed by atoms with Crippen molar-refractivity contribution in [2.75, 3.05) is 0 Å². The summed E-state index contributed by atoms with van der Waals surface area (Å²) in [6.45, 7) is 0.291. The van der Waals surface area contributed by atoms with E-state index in [-0.39, 0.29) is 28.4 Å². The average Bonchev–Trinajstić information content (AvgIpc) is 2.83. The first-order valence-corrected chi connectivity index (χ1v) is 10.5.